The van der Waals surface area contributed by atoms with Gasteiger partial charge in [-0.1, -0.05) is 18.2 Å². The van der Waals surface area contributed by atoms with Crippen molar-refractivity contribution in [2.75, 3.05) is 20.3 Å². The molecular weight excluding hydrogens is 354 g/mol. The zero-order chi connectivity index (χ0) is 18.8. The highest BCUT2D eigenvalue weighted by Gasteiger charge is 2.11. The summed E-state index contributed by atoms with van der Waals surface area (Å²) in [4.78, 5) is 24.2. The number of thiophene rings is 1. The topological polar surface area (TPSA) is 84.9 Å². The summed E-state index contributed by atoms with van der Waals surface area (Å²) in [5, 5.41) is 14.3. The van der Waals surface area contributed by atoms with Crippen molar-refractivity contribution in [3.05, 3.63) is 52.2 Å². The second-order valence-corrected chi connectivity index (χ2v) is 6.67. The van der Waals surface area contributed by atoms with Crippen LogP contribution in [0.5, 0.6) is 5.75 Å². The van der Waals surface area contributed by atoms with E-state index in [1.165, 1.54) is 11.3 Å². The zero-order valence-electron chi connectivity index (χ0n) is 14.6. The number of benzene rings is 1. The number of Topliss-reactive ketones (excluding diaryl/α,β-unsaturated/α-hetero) is 1. The molecule has 1 amide bonds. The third-order valence-electron chi connectivity index (χ3n) is 3.65. The Morgan fingerprint density at radius 2 is 1.96 bits per heavy atom. The van der Waals surface area contributed by atoms with Crippen molar-refractivity contribution in [1.82, 2.24) is 5.32 Å². The van der Waals surface area contributed by atoms with Crippen molar-refractivity contribution in [2.24, 2.45) is 0 Å². The van der Waals surface area contributed by atoms with Crippen molar-refractivity contribution in [3.63, 3.8) is 0 Å². The van der Waals surface area contributed by atoms with Crippen LogP contribution >= 0.6 is 11.3 Å². The molecule has 0 bridgehead atoms. The first-order valence-electron chi connectivity index (χ1n) is 8.30. The molecule has 0 saturated carbocycles. The van der Waals surface area contributed by atoms with Gasteiger partial charge in [-0.2, -0.15) is 0 Å². The molecule has 1 atom stereocenters. The van der Waals surface area contributed by atoms with Crippen LogP contribution in [0, 0.1) is 0 Å². The van der Waals surface area contributed by atoms with Crippen LogP contribution in [0.2, 0.25) is 0 Å². The Morgan fingerprint density at radius 3 is 2.62 bits per heavy atom. The molecule has 1 aromatic carbocycles. The standard InChI is InChI=1S/C19H23NO5S/c1-24-16-6-4-14(5-7-16)12-25-13-15(21)11-20-19(23)9-8-17(22)18-3-2-10-26-18/h2-7,10,15,21H,8-9,11-13H2,1H3,(H,20,23)/t15-/m1/s1. The Kier molecular flexibility index (Phi) is 8.27. The van der Waals surface area contributed by atoms with Crippen molar-refractivity contribution in [3.8, 4) is 5.75 Å². The Balaban J connectivity index is 1.58. The largest absolute Gasteiger partial charge is 0.497 e. The van der Waals surface area contributed by atoms with Crippen LogP contribution in [0.1, 0.15) is 28.1 Å². The Labute approximate surface area is 156 Å². The molecule has 0 aliphatic rings. The SMILES string of the molecule is COc1ccc(COC[C@H](O)CNC(=O)CCC(=O)c2cccs2)cc1. The minimum absolute atomic E-state index is 0.0430. The number of nitrogens with one attached hydrogen (secondary N) is 1. The molecular formula is C19H23NO5S. The molecule has 140 valence electrons. The molecule has 0 fully saturated rings. The Bertz CT molecular complexity index is 684. The number of ketones is 1. The van der Waals surface area contributed by atoms with E-state index in [2.05, 4.69) is 5.32 Å². The highest BCUT2D eigenvalue weighted by molar-refractivity contribution is 7.12. The van der Waals surface area contributed by atoms with Crippen LogP contribution < -0.4 is 10.1 Å². The van der Waals surface area contributed by atoms with Crippen LogP contribution in [0.3, 0.4) is 0 Å². The summed E-state index contributed by atoms with van der Waals surface area (Å²) in [5.41, 5.74) is 0.967. The zero-order valence-corrected chi connectivity index (χ0v) is 15.5. The minimum atomic E-state index is -0.801. The smallest absolute Gasteiger partial charge is 0.220 e. The predicted molar refractivity (Wildman–Crippen MR) is 99.6 cm³/mol. The van der Waals surface area contributed by atoms with E-state index in [9.17, 15) is 14.7 Å². The minimum Gasteiger partial charge on any atom is -0.497 e. The fraction of sp³-hybridized carbons (Fsp3) is 0.368. The number of hydrogen-bond acceptors (Lipinski definition) is 6. The molecule has 1 heterocycles. The Morgan fingerprint density at radius 1 is 1.19 bits per heavy atom. The molecule has 26 heavy (non-hydrogen) atoms. The van der Waals surface area contributed by atoms with E-state index in [-0.39, 0.29) is 37.7 Å². The molecule has 0 spiro atoms. The van der Waals surface area contributed by atoms with Crippen LogP contribution in [-0.2, 0) is 16.1 Å². The fourth-order valence-electron chi connectivity index (χ4n) is 2.20. The number of amides is 1. The monoisotopic (exact) mass is 377 g/mol. The van der Waals surface area contributed by atoms with Gasteiger partial charge < -0.3 is 19.9 Å². The average Bonchev–Trinajstić information content (AvgIpc) is 3.20. The Hall–Kier alpha value is -2.22. The van der Waals surface area contributed by atoms with Crippen LogP contribution in [0.4, 0.5) is 0 Å². The normalized spacial score (nSPS) is 11.8. The first-order valence-corrected chi connectivity index (χ1v) is 9.18. The highest BCUT2D eigenvalue weighted by atomic mass is 32.1. The van der Waals surface area contributed by atoms with Gasteiger partial charge in [0.25, 0.3) is 0 Å². The maximum Gasteiger partial charge on any atom is 0.220 e. The molecule has 7 heteroatoms. The average molecular weight is 377 g/mol. The van der Waals surface area contributed by atoms with Gasteiger partial charge >= 0.3 is 0 Å². The highest BCUT2D eigenvalue weighted by Crippen LogP contribution is 2.13. The number of carbonyl (C=O) groups is 2. The van der Waals surface area contributed by atoms with Gasteiger partial charge in [-0.3, -0.25) is 9.59 Å². The summed E-state index contributed by atoms with van der Waals surface area (Å²) >= 11 is 1.37. The van der Waals surface area contributed by atoms with Gasteiger partial charge in [-0.15, -0.1) is 11.3 Å². The summed E-state index contributed by atoms with van der Waals surface area (Å²) in [6, 6.07) is 11.0. The second kappa shape index (κ2) is 10.7. The van der Waals surface area contributed by atoms with Gasteiger partial charge in [0.15, 0.2) is 5.78 Å². The third-order valence-corrected chi connectivity index (χ3v) is 4.56. The molecule has 0 aliphatic heterocycles. The van der Waals surface area contributed by atoms with E-state index in [0.717, 1.165) is 11.3 Å². The third kappa shape index (κ3) is 6.95. The number of carbonyl (C=O) groups excluding carboxylic acids is 2. The summed E-state index contributed by atoms with van der Waals surface area (Å²) in [5.74, 6) is 0.469. The maximum absolute atomic E-state index is 11.8. The lowest BCUT2D eigenvalue weighted by Gasteiger charge is -2.12. The lowest BCUT2D eigenvalue weighted by Crippen LogP contribution is -2.34. The van der Waals surface area contributed by atoms with E-state index in [4.69, 9.17) is 9.47 Å². The first-order chi connectivity index (χ1) is 12.6. The molecule has 0 saturated heterocycles. The fourth-order valence-corrected chi connectivity index (χ4v) is 2.90. The predicted octanol–water partition coefficient (Wildman–Crippen LogP) is 2.41. The van der Waals surface area contributed by atoms with E-state index in [0.29, 0.717) is 11.5 Å². The lowest BCUT2D eigenvalue weighted by molar-refractivity contribution is -0.121. The first kappa shape index (κ1) is 20.1. The number of aliphatic hydroxyl groups excluding tert-OH is 1. The lowest BCUT2D eigenvalue weighted by atomic mass is 10.2. The summed E-state index contributed by atoms with van der Waals surface area (Å²) < 4.78 is 10.5. The van der Waals surface area contributed by atoms with E-state index < -0.39 is 6.10 Å². The maximum atomic E-state index is 11.8. The van der Waals surface area contributed by atoms with Gasteiger partial charge in [0.2, 0.25) is 5.91 Å². The number of aliphatic hydroxyl groups is 1. The molecule has 0 aliphatic carbocycles. The van der Waals surface area contributed by atoms with E-state index >= 15 is 0 Å². The number of hydrogen-bond donors (Lipinski definition) is 2. The number of methoxy groups -OCH3 is 1. The molecule has 0 unspecified atom stereocenters. The molecule has 2 N–H and O–H groups in total. The quantitative estimate of drug-likeness (QED) is 0.588. The summed E-state index contributed by atoms with van der Waals surface area (Å²) in [6.45, 7) is 0.569. The summed E-state index contributed by atoms with van der Waals surface area (Å²) in [6.07, 6.45) is -0.530. The van der Waals surface area contributed by atoms with Crippen molar-refractivity contribution in [1.29, 1.82) is 0 Å². The van der Waals surface area contributed by atoms with Gasteiger partial charge in [-0.05, 0) is 29.1 Å². The molecule has 1 aromatic heterocycles. The van der Waals surface area contributed by atoms with Crippen molar-refractivity contribution < 1.29 is 24.2 Å². The molecule has 6 nitrogen and oxygen atoms in total. The number of rotatable bonds is 11. The van der Waals surface area contributed by atoms with E-state index in [1.807, 2.05) is 29.6 Å². The van der Waals surface area contributed by atoms with Crippen LogP contribution in [0.15, 0.2) is 41.8 Å². The van der Waals surface area contributed by atoms with Gasteiger partial charge in [0.1, 0.15) is 5.75 Å². The van der Waals surface area contributed by atoms with Crippen LogP contribution in [-0.4, -0.2) is 43.2 Å². The summed E-state index contributed by atoms with van der Waals surface area (Å²) in [7, 11) is 1.61. The van der Waals surface area contributed by atoms with Gasteiger partial charge in [-0.25, -0.2) is 0 Å². The van der Waals surface area contributed by atoms with Crippen molar-refractivity contribution >= 4 is 23.0 Å². The van der Waals surface area contributed by atoms with Gasteiger partial charge in [0.05, 0.1) is 31.3 Å². The molecule has 2 aromatic rings. The second-order valence-electron chi connectivity index (χ2n) is 5.72. The van der Waals surface area contributed by atoms with E-state index in [1.54, 1.807) is 19.2 Å². The van der Waals surface area contributed by atoms with Crippen LogP contribution in [0.25, 0.3) is 0 Å². The van der Waals surface area contributed by atoms with Crippen molar-refractivity contribution in [2.45, 2.75) is 25.6 Å². The molecule has 0 radical (unpaired) electrons. The molecule has 2 rings (SSSR count). The van der Waals surface area contributed by atoms with Gasteiger partial charge in [0, 0.05) is 19.4 Å². The number of ether oxygens (including phenoxy) is 2.